The summed E-state index contributed by atoms with van der Waals surface area (Å²) in [7, 11) is 1.71. The zero-order valence-electron chi connectivity index (χ0n) is 20.6. The van der Waals surface area contributed by atoms with Crippen molar-refractivity contribution in [3.05, 3.63) is 35.3 Å². The van der Waals surface area contributed by atoms with Crippen LogP contribution in [0.3, 0.4) is 0 Å². The summed E-state index contributed by atoms with van der Waals surface area (Å²) in [5.41, 5.74) is 4.86. The van der Waals surface area contributed by atoms with E-state index in [1.807, 2.05) is 26.0 Å². The summed E-state index contributed by atoms with van der Waals surface area (Å²) in [6.07, 6.45) is 8.38. The van der Waals surface area contributed by atoms with Gasteiger partial charge in [-0.05, 0) is 70.4 Å². The summed E-state index contributed by atoms with van der Waals surface area (Å²) in [4.78, 5) is 0. The zero-order valence-corrected chi connectivity index (χ0v) is 20.6. The lowest BCUT2D eigenvalue weighted by Crippen LogP contribution is -2.15. The molecule has 6 heteroatoms. The van der Waals surface area contributed by atoms with Crippen molar-refractivity contribution in [2.24, 2.45) is 11.3 Å². The Morgan fingerprint density at radius 2 is 1.82 bits per heavy atom. The van der Waals surface area contributed by atoms with E-state index < -0.39 is 0 Å². The van der Waals surface area contributed by atoms with Gasteiger partial charge in [0.1, 0.15) is 11.5 Å². The molecule has 0 saturated heterocycles. The number of aryl methyl sites for hydroxylation is 3. The van der Waals surface area contributed by atoms with Gasteiger partial charge in [-0.2, -0.15) is 5.10 Å². The average Bonchev–Trinajstić information content (AvgIpc) is 3.41. The van der Waals surface area contributed by atoms with Crippen LogP contribution in [0.4, 0.5) is 5.82 Å². The van der Waals surface area contributed by atoms with Gasteiger partial charge in [0, 0.05) is 34.8 Å². The molecule has 1 N–H and O–H groups in total. The molecule has 2 fully saturated rings. The van der Waals surface area contributed by atoms with Gasteiger partial charge in [0.05, 0.1) is 25.1 Å². The lowest BCUT2D eigenvalue weighted by atomic mass is 9.84. The minimum absolute atomic E-state index is 0.606. The number of nitrogens with zero attached hydrogens (tertiary/aromatic N) is 3. The Morgan fingerprint density at radius 1 is 1.06 bits per heavy atom. The highest BCUT2D eigenvalue weighted by atomic mass is 16.5. The number of rotatable bonds is 7. The highest BCUT2D eigenvalue weighted by Crippen LogP contribution is 2.61. The van der Waals surface area contributed by atoms with Crippen molar-refractivity contribution in [2.45, 2.75) is 66.2 Å². The Hall–Kier alpha value is -2.76. The summed E-state index contributed by atoms with van der Waals surface area (Å²) in [5, 5.41) is 15.2. The first kappa shape index (κ1) is 22.1. The zero-order chi connectivity index (χ0) is 23.2. The number of methoxy groups -OCH3 is 1. The molecule has 6 nitrogen and oxygen atoms in total. The molecule has 2 heterocycles. The molecule has 1 atom stereocenters. The molecule has 0 aliphatic heterocycles. The van der Waals surface area contributed by atoms with Crippen molar-refractivity contribution >= 4 is 16.6 Å². The van der Waals surface area contributed by atoms with Crippen LogP contribution in [0.15, 0.2) is 18.2 Å². The van der Waals surface area contributed by atoms with Crippen LogP contribution in [0.1, 0.15) is 62.5 Å². The predicted octanol–water partition coefficient (Wildman–Crippen LogP) is 6.14. The Kier molecular flexibility index (Phi) is 5.71. The SMILES string of the molecule is CCOc1ccc(-n2c(C)c3c(C)nnc(NCC4CC45CCCCC5)c3c2C)c(OC)c1. The maximum Gasteiger partial charge on any atom is 0.158 e. The van der Waals surface area contributed by atoms with Gasteiger partial charge in [0.2, 0.25) is 0 Å². The standard InChI is InChI=1S/C27H36N4O2/c1-6-33-21-10-11-22(23(14-21)32-5)31-18(3)24-17(2)29-30-26(25(24)19(31)4)28-16-20-15-27(20)12-8-7-9-13-27/h10-11,14,20H,6-9,12-13,15-16H2,1-5H3,(H,28,30). The van der Waals surface area contributed by atoms with Gasteiger partial charge >= 0.3 is 0 Å². The third-order valence-electron chi connectivity index (χ3n) is 7.97. The highest BCUT2D eigenvalue weighted by molar-refractivity contribution is 5.98. The largest absolute Gasteiger partial charge is 0.494 e. The van der Waals surface area contributed by atoms with Crippen LogP contribution >= 0.6 is 0 Å². The molecule has 1 aromatic carbocycles. The number of fused-ring (bicyclic) bond motifs is 1. The molecule has 0 amide bonds. The summed E-state index contributed by atoms with van der Waals surface area (Å²) < 4.78 is 13.7. The van der Waals surface area contributed by atoms with Crippen molar-refractivity contribution in [2.75, 3.05) is 25.6 Å². The molecule has 3 aromatic rings. The van der Waals surface area contributed by atoms with Gasteiger partial charge in [0.25, 0.3) is 0 Å². The molecule has 2 aromatic heterocycles. The number of hydrogen-bond acceptors (Lipinski definition) is 5. The minimum atomic E-state index is 0.606. The molecule has 1 unspecified atom stereocenters. The van der Waals surface area contributed by atoms with E-state index in [1.165, 1.54) is 43.9 Å². The van der Waals surface area contributed by atoms with Crippen molar-refractivity contribution in [3.63, 3.8) is 0 Å². The predicted molar refractivity (Wildman–Crippen MR) is 133 cm³/mol. The fraction of sp³-hybridized carbons (Fsp3) is 0.556. The third kappa shape index (κ3) is 3.73. The second-order valence-electron chi connectivity index (χ2n) is 9.86. The fourth-order valence-corrected chi connectivity index (χ4v) is 6.19. The van der Waals surface area contributed by atoms with Gasteiger partial charge < -0.3 is 19.4 Å². The average molecular weight is 449 g/mol. The summed E-state index contributed by atoms with van der Waals surface area (Å²) in [6.45, 7) is 9.97. The molecule has 176 valence electrons. The quantitative estimate of drug-likeness (QED) is 0.471. The summed E-state index contributed by atoms with van der Waals surface area (Å²) >= 11 is 0. The summed E-state index contributed by atoms with van der Waals surface area (Å²) in [5.74, 6) is 3.27. The van der Waals surface area contributed by atoms with E-state index in [0.29, 0.717) is 12.0 Å². The molecule has 5 rings (SSSR count). The van der Waals surface area contributed by atoms with Crippen LogP contribution in [-0.4, -0.2) is 35.0 Å². The molecule has 1 spiro atoms. The van der Waals surface area contributed by atoms with Gasteiger partial charge in [-0.1, -0.05) is 19.3 Å². The van der Waals surface area contributed by atoms with Crippen molar-refractivity contribution in [3.8, 4) is 17.2 Å². The molecule has 0 bridgehead atoms. The van der Waals surface area contributed by atoms with E-state index in [1.54, 1.807) is 7.11 Å². The number of hydrogen-bond donors (Lipinski definition) is 1. The van der Waals surface area contributed by atoms with Crippen molar-refractivity contribution in [1.82, 2.24) is 14.8 Å². The normalized spacial score (nSPS) is 19.1. The van der Waals surface area contributed by atoms with Crippen LogP contribution in [0.5, 0.6) is 11.5 Å². The van der Waals surface area contributed by atoms with E-state index in [0.717, 1.165) is 57.9 Å². The Morgan fingerprint density at radius 3 is 2.55 bits per heavy atom. The van der Waals surface area contributed by atoms with E-state index >= 15 is 0 Å². The molecular weight excluding hydrogens is 412 g/mol. The van der Waals surface area contributed by atoms with Gasteiger partial charge in [-0.15, -0.1) is 5.10 Å². The molecule has 33 heavy (non-hydrogen) atoms. The monoisotopic (exact) mass is 448 g/mol. The highest BCUT2D eigenvalue weighted by Gasteiger charge is 2.53. The van der Waals surface area contributed by atoms with E-state index in [9.17, 15) is 0 Å². The molecule has 2 aliphatic rings. The Bertz CT molecular complexity index is 1180. The van der Waals surface area contributed by atoms with Crippen molar-refractivity contribution < 1.29 is 9.47 Å². The third-order valence-corrected chi connectivity index (χ3v) is 7.97. The van der Waals surface area contributed by atoms with E-state index in [-0.39, 0.29) is 0 Å². The van der Waals surface area contributed by atoms with Crippen LogP contribution in [0.2, 0.25) is 0 Å². The fourth-order valence-electron chi connectivity index (χ4n) is 6.19. The smallest absolute Gasteiger partial charge is 0.158 e. The number of benzene rings is 1. The maximum atomic E-state index is 5.76. The first-order valence-electron chi connectivity index (χ1n) is 12.4. The molecule has 2 aliphatic carbocycles. The number of anilines is 1. The molecule has 2 saturated carbocycles. The minimum Gasteiger partial charge on any atom is -0.494 e. The van der Waals surface area contributed by atoms with E-state index in [2.05, 4.69) is 40.0 Å². The molecular formula is C27H36N4O2. The van der Waals surface area contributed by atoms with Crippen LogP contribution in [-0.2, 0) is 0 Å². The maximum absolute atomic E-state index is 5.76. The lowest BCUT2D eigenvalue weighted by molar-refractivity contribution is 0.311. The van der Waals surface area contributed by atoms with Gasteiger partial charge in [0.15, 0.2) is 5.82 Å². The second kappa shape index (κ2) is 8.54. The van der Waals surface area contributed by atoms with Crippen LogP contribution in [0.25, 0.3) is 16.5 Å². The van der Waals surface area contributed by atoms with Crippen LogP contribution in [0, 0.1) is 32.1 Å². The lowest BCUT2D eigenvalue weighted by Gasteiger charge is -2.22. The number of nitrogens with one attached hydrogen (secondary N) is 1. The van der Waals surface area contributed by atoms with E-state index in [4.69, 9.17) is 9.47 Å². The number of ether oxygens (including phenoxy) is 2. The van der Waals surface area contributed by atoms with Gasteiger partial charge in [-0.25, -0.2) is 0 Å². The first-order chi connectivity index (χ1) is 16.0. The summed E-state index contributed by atoms with van der Waals surface area (Å²) in [6, 6.07) is 6.04. The molecule has 0 radical (unpaired) electrons. The Balaban J connectivity index is 1.51. The Labute approximate surface area is 196 Å². The van der Waals surface area contributed by atoms with Crippen LogP contribution < -0.4 is 14.8 Å². The second-order valence-corrected chi connectivity index (χ2v) is 9.86. The van der Waals surface area contributed by atoms with Gasteiger partial charge in [-0.3, -0.25) is 0 Å². The number of aromatic nitrogens is 3. The first-order valence-corrected chi connectivity index (χ1v) is 12.4. The van der Waals surface area contributed by atoms with Crippen molar-refractivity contribution in [1.29, 1.82) is 0 Å². The topological polar surface area (TPSA) is 61.2 Å².